The standard InChI is InChI=1S/C29H34ClNO/c1-4-31(5-2)23(3)13-12-22-32-27-20-18-25(19-21-27)28(24-14-8-6-9-15-24)29(30)26-16-10-7-11-17-26/h6-11,14-21,23H,4-5,12-13,22H2,1-3H3/b29-28-. The highest BCUT2D eigenvalue weighted by Crippen LogP contribution is 2.35. The van der Waals surface area contributed by atoms with Crippen LogP contribution in [-0.2, 0) is 0 Å². The van der Waals surface area contributed by atoms with E-state index in [1.165, 1.54) is 0 Å². The van der Waals surface area contributed by atoms with Crippen LogP contribution in [0.25, 0.3) is 10.6 Å². The Labute approximate surface area is 198 Å². The molecule has 0 fully saturated rings. The minimum absolute atomic E-state index is 0.592. The van der Waals surface area contributed by atoms with Crippen LogP contribution in [0.5, 0.6) is 5.75 Å². The summed E-state index contributed by atoms with van der Waals surface area (Å²) >= 11 is 6.91. The van der Waals surface area contributed by atoms with Gasteiger partial charge in [-0.05, 0) is 61.7 Å². The molecule has 3 aromatic carbocycles. The van der Waals surface area contributed by atoms with Gasteiger partial charge in [-0.2, -0.15) is 0 Å². The van der Waals surface area contributed by atoms with Crippen LogP contribution < -0.4 is 4.74 Å². The quantitative estimate of drug-likeness (QED) is 0.220. The summed E-state index contributed by atoms with van der Waals surface area (Å²) in [6.07, 6.45) is 2.20. The van der Waals surface area contributed by atoms with Crippen molar-refractivity contribution in [3.63, 3.8) is 0 Å². The fourth-order valence-corrected chi connectivity index (χ4v) is 4.41. The summed E-state index contributed by atoms with van der Waals surface area (Å²) in [4.78, 5) is 2.49. The third kappa shape index (κ3) is 6.48. The second kappa shape index (κ2) is 12.5. The van der Waals surface area contributed by atoms with E-state index in [1.54, 1.807) is 0 Å². The lowest BCUT2D eigenvalue weighted by Crippen LogP contribution is -2.32. The molecule has 0 radical (unpaired) electrons. The van der Waals surface area contributed by atoms with Gasteiger partial charge in [-0.25, -0.2) is 0 Å². The Kier molecular flexibility index (Phi) is 9.40. The second-order valence-corrected chi connectivity index (χ2v) is 8.38. The first kappa shape index (κ1) is 24.1. The first-order valence-corrected chi connectivity index (χ1v) is 12.0. The van der Waals surface area contributed by atoms with Crippen LogP contribution in [0, 0.1) is 0 Å². The maximum Gasteiger partial charge on any atom is 0.119 e. The number of hydrogen-bond donors (Lipinski definition) is 0. The van der Waals surface area contributed by atoms with Crippen molar-refractivity contribution < 1.29 is 4.74 Å². The summed E-state index contributed by atoms with van der Waals surface area (Å²) in [5.74, 6) is 0.896. The highest BCUT2D eigenvalue weighted by atomic mass is 35.5. The SMILES string of the molecule is CCN(CC)C(C)CCCOc1ccc(/C(=C(\Cl)c2ccccc2)c2ccccc2)cc1. The van der Waals surface area contributed by atoms with Gasteiger partial charge in [0.2, 0.25) is 0 Å². The van der Waals surface area contributed by atoms with Gasteiger partial charge >= 0.3 is 0 Å². The van der Waals surface area contributed by atoms with Gasteiger partial charge in [-0.1, -0.05) is 98.2 Å². The van der Waals surface area contributed by atoms with Crippen LogP contribution in [0.4, 0.5) is 0 Å². The van der Waals surface area contributed by atoms with Crippen LogP contribution in [0.15, 0.2) is 84.9 Å². The zero-order chi connectivity index (χ0) is 22.8. The van der Waals surface area contributed by atoms with Crippen molar-refractivity contribution in [3.05, 3.63) is 102 Å². The number of ether oxygens (including phenoxy) is 1. The predicted molar refractivity (Wildman–Crippen MR) is 138 cm³/mol. The third-order valence-corrected chi connectivity index (χ3v) is 6.33. The molecule has 1 atom stereocenters. The molecule has 0 bridgehead atoms. The van der Waals surface area contributed by atoms with E-state index in [0.717, 1.165) is 65.6 Å². The van der Waals surface area contributed by atoms with E-state index in [2.05, 4.69) is 49.9 Å². The molecule has 0 aliphatic rings. The zero-order valence-electron chi connectivity index (χ0n) is 19.4. The maximum atomic E-state index is 6.91. The molecule has 32 heavy (non-hydrogen) atoms. The van der Waals surface area contributed by atoms with Gasteiger partial charge in [0, 0.05) is 11.6 Å². The van der Waals surface area contributed by atoms with Gasteiger partial charge in [0.05, 0.1) is 11.6 Å². The molecule has 0 N–H and O–H groups in total. The predicted octanol–water partition coefficient (Wildman–Crippen LogP) is 7.73. The van der Waals surface area contributed by atoms with E-state index in [9.17, 15) is 0 Å². The third-order valence-electron chi connectivity index (χ3n) is 5.92. The second-order valence-electron chi connectivity index (χ2n) is 8.01. The fourth-order valence-electron chi connectivity index (χ4n) is 4.07. The molecule has 3 aromatic rings. The van der Waals surface area contributed by atoms with Crippen molar-refractivity contribution >= 4 is 22.2 Å². The van der Waals surface area contributed by atoms with E-state index in [0.29, 0.717) is 6.04 Å². The molecule has 3 heteroatoms. The van der Waals surface area contributed by atoms with Crippen molar-refractivity contribution in [2.24, 2.45) is 0 Å². The van der Waals surface area contributed by atoms with Crippen LogP contribution in [-0.4, -0.2) is 30.6 Å². The normalized spacial score (nSPS) is 13.0. The molecule has 3 rings (SSSR count). The van der Waals surface area contributed by atoms with Crippen molar-refractivity contribution in [1.29, 1.82) is 0 Å². The average molecular weight is 448 g/mol. The Bertz CT molecular complexity index is 963. The highest BCUT2D eigenvalue weighted by Gasteiger charge is 2.13. The summed E-state index contributed by atoms with van der Waals surface area (Å²) in [6.45, 7) is 9.68. The van der Waals surface area contributed by atoms with E-state index >= 15 is 0 Å². The number of rotatable bonds is 11. The molecule has 2 nitrogen and oxygen atoms in total. The van der Waals surface area contributed by atoms with Crippen molar-refractivity contribution in [2.75, 3.05) is 19.7 Å². The monoisotopic (exact) mass is 447 g/mol. The lowest BCUT2D eigenvalue weighted by atomic mass is 9.95. The van der Waals surface area contributed by atoms with Crippen LogP contribution in [0.1, 0.15) is 50.3 Å². The van der Waals surface area contributed by atoms with Gasteiger partial charge in [-0.15, -0.1) is 0 Å². The molecular weight excluding hydrogens is 414 g/mol. The summed E-state index contributed by atoms with van der Waals surface area (Å²) in [5, 5.41) is 0.746. The topological polar surface area (TPSA) is 12.5 Å². The van der Waals surface area contributed by atoms with Crippen LogP contribution >= 0.6 is 11.6 Å². The first-order chi connectivity index (χ1) is 15.6. The summed E-state index contributed by atoms with van der Waals surface area (Å²) in [7, 11) is 0. The van der Waals surface area contributed by atoms with E-state index in [-0.39, 0.29) is 0 Å². The summed E-state index contributed by atoms with van der Waals surface area (Å²) < 4.78 is 6.02. The lowest BCUT2D eigenvalue weighted by Gasteiger charge is -2.26. The molecule has 0 saturated carbocycles. The van der Waals surface area contributed by atoms with E-state index < -0.39 is 0 Å². The Morgan fingerprint density at radius 2 is 1.31 bits per heavy atom. The molecule has 0 spiro atoms. The summed E-state index contributed by atoms with van der Waals surface area (Å²) in [5.41, 5.74) is 4.21. The smallest absolute Gasteiger partial charge is 0.119 e. The van der Waals surface area contributed by atoms with Gasteiger partial charge in [0.25, 0.3) is 0 Å². The zero-order valence-corrected chi connectivity index (χ0v) is 20.2. The molecule has 168 valence electrons. The molecule has 0 aliphatic carbocycles. The summed E-state index contributed by atoms with van der Waals surface area (Å²) in [6, 6.07) is 29.3. The molecule has 0 aromatic heterocycles. The van der Waals surface area contributed by atoms with Crippen molar-refractivity contribution in [2.45, 2.75) is 39.7 Å². The molecule has 0 aliphatic heterocycles. The molecule has 0 saturated heterocycles. The highest BCUT2D eigenvalue weighted by molar-refractivity contribution is 6.53. The lowest BCUT2D eigenvalue weighted by molar-refractivity contribution is 0.204. The van der Waals surface area contributed by atoms with Gasteiger partial charge in [0.15, 0.2) is 0 Å². The molecule has 0 amide bonds. The maximum absolute atomic E-state index is 6.91. The minimum atomic E-state index is 0.592. The number of nitrogens with zero attached hydrogens (tertiary/aromatic N) is 1. The number of halogens is 1. The largest absolute Gasteiger partial charge is 0.494 e. The fraction of sp³-hybridized carbons (Fsp3) is 0.310. The minimum Gasteiger partial charge on any atom is -0.494 e. The average Bonchev–Trinajstić information content (AvgIpc) is 2.85. The molecule has 1 unspecified atom stereocenters. The molecular formula is C29H34ClNO. The van der Waals surface area contributed by atoms with Crippen molar-refractivity contribution in [1.82, 2.24) is 4.90 Å². The van der Waals surface area contributed by atoms with Crippen molar-refractivity contribution in [3.8, 4) is 5.75 Å². The van der Waals surface area contributed by atoms with E-state index in [1.807, 2.05) is 60.7 Å². The Hall–Kier alpha value is -2.55. The number of hydrogen-bond acceptors (Lipinski definition) is 2. The Morgan fingerprint density at radius 1 is 0.781 bits per heavy atom. The first-order valence-electron chi connectivity index (χ1n) is 11.6. The van der Waals surface area contributed by atoms with Crippen LogP contribution in [0.2, 0.25) is 0 Å². The van der Waals surface area contributed by atoms with Gasteiger partial charge in [0.1, 0.15) is 5.75 Å². The number of benzene rings is 3. The van der Waals surface area contributed by atoms with Crippen LogP contribution in [0.3, 0.4) is 0 Å². The Balaban J connectivity index is 1.72. The molecule has 0 heterocycles. The van der Waals surface area contributed by atoms with Gasteiger partial charge < -0.3 is 9.64 Å². The van der Waals surface area contributed by atoms with E-state index in [4.69, 9.17) is 16.3 Å². The van der Waals surface area contributed by atoms with Gasteiger partial charge in [-0.3, -0.25) is 0 Å². The Morgan fingerprint density at radius 3 is 1.88 bits per heavy atom.